The van der Waals surface area contributed by atoms with Crippen LogP contribution in [0.3, 0.4) is 0 Å². The molecule has 0 aliphatic carbocycles. The monoisotopic (exact) mass is 502 g/mol. The minimum absolute atomic E-state index is 0.0712. The fourth-order valence-corrected chi connectivity index (χ4v) is 4.36. The zero-order chi connectivity index (χ0) is 26.8. The summed E-state index contributed by atoms with van der Waals surface area (Å²) in [6.45, 7) is 2.01. The quantitative estimate of drug-likeness (QED) is 0.143. The van der Waals surface area contributed by atoms with Crippen LogP contribution >= 0.6 is 0 Å². The lowest BCUT2D eigenvalue weighted by Crippen LogP contribution is -2.45. The average molecular weight is 503 g/mol. The van der Waals surface area contributed by atoms with Gasteiger partial charge in [-0.2, -0.15) is 0 Å². The molecular formula is C25H42O10. The van der Waals surface area contributed by atoms with Crippen molar-refractivity contribution in [2.45, 2.75) is 84.0 Å². The maximum Gasteiger partial charge on any atom is 0.310 e. The van der Waals surface area contributed by atoms with Crippen molar-refractivity contribution in [3.05, 3.63) is 0 Å². The third-order valence-electron chi connectivity index (χ3n) is 6.33. The number of rotatable bonds is 20. The second-order valence-electron chi connectivity index (χ2n) is 8.72. The SMILES string of the molecule is CCCCCCC(C(=O)O)C(C(=O)OC)C(C(=O)OC)C(CCCCCCCC(=O)OC)C(=O)O. The van der Waals surface area contributed by atoms with E-state index in [1.54, 1.807) is 0 Å². The smallest absolute Gasteiger partial charge is 0.310 e. The van der Waals surface area contributed by atoms with Gasteiger partial charge in [-0.25, -0.2) is 0 Å². The fraction of sp³-hybridized carbons (Fsp3) is 0.800. The zero-order valence-electron chi connectivity index (χ0n) is 21.5. The van der Waals surface area contributed by atoms with E-state index in [1.807, 2.05) is 6.92 Å². The van der Waals surface area contributed by atoms with Crippen LogP contribution in [0.2, 0.25) is 0 Å². The lowest BCUT2D eigenvalue weighted by Gasteiger charge is -2.31. The van der Waals surface area contributed by atoms with Crippen LogP contribution in [0, 0.1) is 23.7 Å². The van der Waals surface area contributed by atoms with Crippen LogP contribution in [0.15, 0.2) is 0 Å². The molecule has 0 rings (SSSR count). The molecule has 0 aliphatic rings. The fourth-order valence-electron chi connectivity index (χ4n) is 4.36. The molecule has 0 aromatic heterocycles. The first-order chi connectivity index (χ1) is 16.7. The summed E-state index contributed by atoms with van der Waals surface area (Å²) >= 11 is 0. The Hall–Kier alpha value is -2.65. The molecule has 10 nitrogen and oxygen atoms in total. The van der Waals surface area contributed by atoms with Crippen LogP contribution in [-0.2, 0) is 38.2 Å². The first-order valence-electron chi connectivity index (χ1n) is 12.3. The highest BCUT2D eigenvalue weighted by molar-refractivity contribution is 5.89. The van der Waals surface area contributed by atoms with Gasteiger partial charge in [0.2, 0.25) is 0 Å². The van der Waals surface area contributed by atoms with Gasteiger partial charge in [-0.1, -0.05) is 58.3 Å². The van der Waals surface area contributed by atoms with Gasteiger partial charge in [0.05, 0.1) is 45.0 Å². The van der Waals surface area contributed by atoms with Crippen LogP contribution in [0.25, 0.3) is 0 Å². The number of carboxylic acids is 2. The lowest BCUT2D eigenvalue weighted by molar-refractivity contribution is -0.171. The van der Waals surface area contributed by atoms with Crippen LogP contribution in [-0.4, -0.2) is 61.4 Å². The van der Waals surface area contributed by atoms with E-state index in [9.17, 15) is 34.2 Å². The van der Waals surface area contributed by atoms with Gasteiger partial charge in [-0.05, 0) is 19.3 Å². The molecule has 0 aliphatic heterocycles. The number of carboxylic acid groups (broad SMARTS) is 2. The molecule has 35 heavy (non-hydrogen) atoms. The van der Waals surface area contributed by atoms with Crippen LogP contribution < -0.4 is 0 Å². The molecular weight excluding hydrogens is 460 g/mol. The summed E-state index contributed by atoms with van der Waals surface area (Å²) in [7, 11) is 3.50. The molecule has 202 valence electrons. The third-order valence-corrected chi connectivity index (χ3v) is 6.33. The molecule has 0 amide bonds. The Balaban J connectivity index is 5.60. The van der Waals surface area contributed by atoms with Crippen molar-refractivity contribution >= 4 is 29.8 Å². The van der Waals surface area contributed by atoms with Crippen molar-refractivity contribution in [3.8, 4) is 0 Å². The number of methoxy groups -OCH3 is 3. The maximum atomic E-state index is 12.8. The van der Waals surface area contributed by atoms with E-state index < -0.39 is 47.5 Å². The molecule has 0 saturated carbocycles. The van der Waals surface area contributed by atoms with E-state index >= 15 is 0 Å². The van der Waals surface area contributed by atoms with Crippen molar-refractivity contribution in [1.29, 1.82) is 0 Å². The highest BCUT2D eigenvalue weighted by Crippen LogP contribution is 2.36. The summed E-state index contributed by atoms with van der Waals surface area (Å²) in [4.78, 5) is 61.0. The minimum atomic E-state index is -1.49. The molecule has 4 atom stereocenters. The average Bonchev–Trinajstić information content (AvgIpc) is 2.83. The first kappa shape index (κ1) is 32.4. The summed E-state index contributed by atoms with van der Waals surface area (Å²) in [5.41, 5.74) is 0. The number of ether oxygens (including phenoxy) is 3. The standard InChI is InChI=1S/C25H42O10/c1-5-6-7-11-14-17(22(27)28)20(24(31)34-3)21(25(32)35-4)18(23(29)30)15-12-9-8-10-13-16-19(26)33-2/h17-18,20-21H,5-16H2,1-4H3,(H,27,28)(H,29,30). The van der Waals surface area contributed by atoms with E-state index in [0.29, 0.717) is 32.1 Å². The summed E-state index contributed by atoms with van der Waals surface area (Å²) in [5.74, 6) is -10.3. The topological polar surface area (TPSA) is 154 Å². The Kier molecular flexibility index (Phi) is 17.2. The molecule has 0 spiro atoms. The maximum absolute atomic E-state index is 12.8. The second kappa shape index (κ2) is 18.6. The lowest BCUT2D eigenvalue weighted by atomic mass is 9.71. The summed E-state index contributed by atoms with van der Waals surface area (Å²) in [5, 5.41) is 19.8. The predicted molar refractivity (Wildman–Crippen MR) is 126 cm³/mol. The van der Waals surface area contributed by atoms with Crippen molar-refractivity contribution in [2.24, 2.45) is 23.7 Å². The summed E-state index contributed by atoms with van der Waals surface area (Å²) in [6, 6.07) is 0. The van der Waals surface area contributed by atoms with Crippen molar-refractivity contribution < 1.29 is 48.4 Å². The van der Waals surface area contributed by atoms with E-state index in [-0.39, 0.29) is 18.8 Å². The third kappa shape index (κ3) is 12.0. The number of hydrogen-bond donors (Lipinski definition) is 2. The molecule has 0 aromatic carbocycles. The number of carbonyl (C=O) groups is 5. The molecule has 0 fully saturated rings. The number of hydrogen-bond acceptors (Lipinski definition) is 8. The molecule has 0 bridgehead atoms. The van der Waals surface area contributed by atoms with E-state index in [1.165, 1.54) is 7.11 Å². The Morgan fingerprint density at radius 3 is 1.37 bits per heavy atom. The van der Waals surface area contributed by atoms with Gasteiger partial charge in [-0.3, -0.25) is 24.0 Å². The zero-order valence-corrected chi connectivity index (χ0v) is 21.5. The molecule has 0 saturated heterocycles. The Morgan fingerprint density at radius 2 is 1.00 bits per heavy atom. The Morgan fingerprint density at radius 1 is 0.600 bits per heavy atom. The van der Waals surface area contributed by atoms with Crippen molar-refractivity contribution in [3.63, 3.8) is 0 Å². The van der Waals surface area contributed by atoms with Gasteiger partial charge in [0.25, 0.3) is 0 Å². The van der Waals surface area contributed by atoms with Gasteiger partial charge < -0.3 is 24.4 Å². The van der Waals surface area contributed by atoms with Crippen LogP contribution in [0.1, 0.15) is 84.0 Å². The number of carbonyl (C=O) groups excluding carboxylic acids is 3. The molecule has 4 unspecified atom stereocenters. The number of esters is 3. The molecule has 10 heteroatoms. The van der Waals surface area contributed by atoms with E-state index in [4.69, 9.17) is 9.47 Å². The molecule has 0 heterocycles. The Labute approximate surface area is 207 Å². The molecule has 0 aromatic rings. The number of aliphatic carboxylic acids is 2. The van der Waals surface area contributed by atoms with Crippen LogP contribution in [0.4, 0.5) is 0 Å². The largest absolute Gasteiger partial charge is 0.481 e. The second-order valence-corrected chi connectivity index (χ2v) is 8.72. The highest BCUT2D eigenvalue weighted by Gasteiger charge is 2.49. The minimum Gasteiger partial charge on any atom is -0.481 e. The summed E-state index contributed by atoms with van der Waals surface area (Å²) in [6.07, 6.45) is 6.89. The Bertz CT molecular complexity index is 675. The van der Waals surface area contributed by atoms with Crippen molar-refractivity contribution in [1.82, 2.24) is 0 Å². The normalized spacial score (nSPS) is 14.3. The summed E-state index contributed by atoms with van der Waals surface area (Å²) < 4.78 is 14.3. The van der Waals surface area contributed by atoms with Crippen LogP contribution in [0.5, 0.6) is 0 Å². The van der Waals surface area contributed by atoms with Gasteiger partial charge in [-0.15, -0.1) is 0 Å². The van der Waals surface area contributed by atoms with E-state index in [0.717, 1.165) is 46.3 Å². The van der Waals surface area contributed by atoms with Crippen molar-refractivity contribution in [2.75, 3.05) is 21.3 Å². The van der Waals surface area contributed by atoms with Gasteiger partial charge in [0.15, 0.2) is 0 Å². The van der Waals surface area contributed by atoms with Gasteiger partial charge >= 0.3 is 29.8 Å². The molecule has 0 radical (unpaired) electrons. The number of unbranched alkanes of at least 4 members (excludes halogenated alkanes) is 7. The molecule has 2 N–H and O–H groups in total. The van der Waals surface area contributed by atoms with Gasteiger partial charge in [0, 0.05) is 6.42 Å². The first-order valence-corrected chi connectivity index (χ1v) is 12.3. The highest BCUT2D eigenvalue weighted by atomic mass is 16.5. The predicted octanol–water partition coefficient (Wildman–Crippen LogP) is 3.84. The van der Waals surface area contributed by atoms with Gasteiger partial charge in [0.1, 0.15) is 0 Å². The van der Waals surface area contributed by atoms with E-state index in [2.05, 4.69) is 4.74 Å².